The van der Waals surface area contributed by atoms with Crippen molar-refractivity contribution in [3.63, 3.8) is 0 Å². The lowest BCUT2D eigenvalue weighted by Crippen LogP contribution is -1.85. The number of rotatable bonds is 2. The number of nitriles is 1. The van der Waals surface area contributed by atoms with Gasteiger partial charge in [0.25, 0.3) is 0 Å². The Bertz CT molecular complexity index is 637. The highest BCUT2D eigenvalue weighted by Crippen LogP contribution is 2.32. The van der Waals surface area contributed by atoms with Crippen molar-refractivity contribution in [3.8, 4) is 6.07 Å². The molecule has 0 amide bonds. The molecule has 0 saturated carbocycles. The van der Waals surface area contributed by atoms with Gasteiger partial charge >= 0.3 is 0 Å². The van der Waals surface area contributed by atoms with Crippen LogP contribution in [0, 0.1) is 23.0 Å². The van der Waals surface area contributed by atoms with Crippen molar-refractivity contribution >= 4 is 27.7 Å². The normalized spacial score (nSPS) is 10.1. The van der Waals surface area contributed by atoms with Gasteiger partial charge in [-0.3, -0.25) is 0 Å². The highest BCUT2D eigenvalue weighted by atomic mass is 79.9. The third kappa shape index (κ3) is 2.89. The number of hydrogen-bond donors (Lipinski definition) is 0. The molecule has 2 aromatic carbocycles. The fourth-order valence-corrected chi connectivity index (χ4v) is 2.81. The van der Waals surface area contributed by atoms with E-state index in [-0.39, 0.29) is 0 Å². The first kappa shape index (κ1) is 13.1. The molecule has 2 aromatic rings. The van der Waals surface area contributed by atoms with Crippen LogP contribution in [0.15, 0.2) is 50.7 Å². The van der Waals surface area contributed by atoms with E-state index < -0.39 is 11.6 Å². The van der Waals surface area contributed by atoms with Crippen molar-refractivity contribution in [1.82, 2.24) is 0 Å². The fourth-order valence-electron chi connectivity index (χ4n) is 1.34. The van der Waals surface area contributed by atoms with Crippen LogP contribution in [0.5, 0.6) is 0 Å². The molecule has 5 heteroatoms. The minimum atomic E-state index is -0.895. The summed E-state index contributed by atoms with van der Waals surface area (Å²) in [5.74, 6) is -1.78. The second-order valence-electron chi connectivity index (χ2n) is 3.43. The summed E-state index contributed by atoms with van der Waals surface area (Å²) in [5.41, 5.74) is 0.493. The average Bonchev–Trinajstić information content (AvgIpc) is 2.34. The third-order valence-electron chi connectivity index (χ3n) is 2.18. The first-order valence-electron chi connectivity index (χ1n) is 4.92. The molecule has 0 N–H and O–H groups in total. The molecule has 0 aliphatic carbocycles. The summed E-state index contributed by atoms with van der Waals surface area (Å²) in [7, 11) is 0. The maximum atomic E-state index is 13.1. The molecule has 0 atom stereocenters. The molecule has 18 heavy (non-hydrogen) atoms. The van der Waals surface area contributed by atoms with Crippen molar-refractivity contribution in [3.05, 3.63) is 58.1 Å². The van der Waals surface area contributed by atoms with Crippen molar-refractivity contribution in [1.29, 1.82) is 5.26 Å². The van der Waals surface area contributed by atoms with Gasteiger partial charge < -0.3 is 0 Å². The zero-order valence-corrected chi connectivity index (χ0v) is 11.4. The van der Waals surface area contributed by atoms with Crippen LogP contribution in [0.1, 0.15) is 5.56 Å². The van der Waals surface area contributed by atoms with Gasteiger partial charge in [0.15, 0.2) is 11.6 Å². The summed E-state index contributed by atoms with van der Waals surface area (Å²) < 4.78 is 26.7. The van der Waals surface area contributed by atoms with Gasteiger partial charge in [-0.25, -0.2) is 8.78 Å². The molecule has 0 bridgehead atoms. The van der Waals surface area contributed by atoms with Gasteiger partial charge in [0, 0.05) is 14.3 Å². The molecule has 0 heterocycles. The molecule has 90 valence electrons. The van der Waals surface area contributed by atoms with Crippen LogP contribution in [0.4, 0.5) is 8.78 Å². The fraction of sp³-hybridized carbons (Fsp3) is 0. The van der Waals surface area contributed by atoms with Gasteiger partial charge in [-0.05, 0) is 36.4 Å². The number of benzene rings is 2. The lowest BCUT2D eigenvalue weighted by atomic mass is 10.2. The van der Waals surface area contributed by atoms with Crippen LogP contribution >= 0.6 is 27.7 Å². The number of halogens is 3. The Hall–Kier alpha value is -1.38. The summed E-state index contributed by atoms with van der Waals surface area (Å²) in [5, 5.41) is 8.97. The SMILES string of the molecule is N#Cc1ccc(Br)cc1Sc1ccc(F)c(F)c1. The number of nitrogens with zero attached hydrogens (tertiary/aromatic N) is 1. The maximum absolute atomic E-state index is 13.1. The van der Waals surface area contributed by atoms with Crippen LogP contribution in [0.2, 0.25) is 0 Å². The first-order chi connectivity index (χ1) is 8.60. The van der Waals surface area contributed by atoms with E-state index in [2.05, 4.69) is 22.0 Å². The van der Waals surface area contributed by atoms with Gasteiger partial charge in [-0.2, -0.15) is 5.26 Å². The van der Waals surface area contributed by atoms with Crippen molar-refractivity contribution in [2.75, 3.05) is 0 Å². The quantitative estimate of drug-likeness (QED) is 0.795. The predicted octanol–water partition coefficient (Wildman–Crippen LogP) is 4.75. The zero-order valence-electron chi connectivity index (χ0n) is 8.95. The molecular weight excluding hydrogens is 320 g/mol. The van der Waals surface area contributed by atoms with Crippen LogP contribution in [0.3, 0.4) is 0 Å². The molecular formula is C13H6BrF2NS. The summed E-state index contributed by atoms with van der Waals surface area (Å²) >= 11 is 4.52. The van der Waals surface area contributed by atoms with E-state index in [0.717, 1.165) is 16.6 Å². The van der Waals surface area contributed by atoms with Crippen molar-refractivity contribution < 1.29 is 8.78 Å². The highest BCUT2D eigenvalue weighted by molar-refractivity contribution is 9.10. The van der Waals surface area contributed by atoms with Crippen LogP contribution in [-0.2, 0) is 0 Å². The standard InChI is InChI=1S/C13H6BrF2NS/c14-9-2-1-8(7-17)13(5-9)18-10-3-4-11(15)12(16)6-10/h1-6H. The van der Waals surface area contributed by atoms with Crippen LogP contribution in [0.25, 0.3) is 0 Å². The lowest BCUT2D eigenvalue weighted by Gasteiger charge is -2.05. The maximum Gasteiger partial charge on any atom is 0.159 e. The third-order valence-corrected chi connectivity index (χ3v) is 3.72. The molecule has 1 nitrogen and oxygen atoms in total. The van der Waals surface area contributed by atoms with Gasteiger partial charge in [0.1, 0.15) is 6.07 Å². The summed E-state index contributed by atoms with van der Waals surface area (Å²) in [4.78, 5) is 1.24. The van der Waals surface area contributed by atoms with E-state index in [1.165, 1.54) is 17.8 Å². The van der Waals surface area contributed by atoms with E-state index in [9.17, 15) is 8.78 Å². The van der Waals surface area contributed by atoms with Crippen LogP contribution in [-0.4, -0.2) is 0 Å². The molecule has 0 spiro atoms. The monoisotopic (exact) mass is 325 g/mol. The second-order valence-corrected chi connectivity index (χ2v) is 5.46. The van der Waals surface area contributed by atoms with E-state index in [4.69, 9.17) is 5.26 Å². The Balaban J connectivity index is 2.36. The topological polar surface area (TPSA) is 23.8 Å². The van der Waals surface area contributed by atoms with Crippen LogP contribution < -0.4 is 0 Å². The van der Waals surface area contributed by atoms with Gasteiger partial charge in [0.05, 0.1) is 5.56 Å². The minimum absolute atomic E-state index is 0.493. The molecule has 0 saturated heterocycles. The van der Waals surface area contributed by atoms with Crippen molar-refractivity contribution in [2.45, 2.75) is 9.79 Å². The second kappa shape index (κ2) is 5.51. The Labute approximate surface area is 116 Å². The molecule has 2 rings (SSSR count). The molecule has 0 unspecified atom stereocenters. The summed E-state index contributed by atoms with van der Waals surface area (Å²) in [6, 6.07) is 10.9. The zero-order chi connectivity index (χ0) is 13.1. The van der Waals surface area contributed by atoms with Crippen molar-refractivity contribution in [2.24, 2.45) is 0 Å². The molecule has 0 aliphatic rings. The first-order valence-corrected chi connectivity index (χ1v) is 6.53. The number of hydrogen-bond acceptors (Lipinski definition) is 2. The molecule has 0 aliphatic heterocycles. The highest BCUT2D eigenvalue weighted by Gasteiger charge is 2.08. The minimum Gasteiger partial charge on any atom is -0.204 e. The van der Waals surface area contributed by atoms with E-state index in [0.29, 0.717) is 15.4 Å². The van der Waals surface area contributed by atoms with E-state index >= 15 is 0 Å². The Morgan fingerprint density at radius 1 is 1.06 bits per heavy atom. The largest absolute Gasteiger partial charge is 0.204 e. The summed E-state index contributed by atoms with van der Waals surface area (Å²) in [6.07, 6.45) is 0. The van der Waals surface area contributed by atoms with E-state index in [1.54, 1.807) is 18.2 Å². The van der Waals surface area contributed by atoms with E-state index in [1.807, 2.05) is 0 Å². The average molecular weight is 326 g/mol. The smallest absolute Gasteiger partial charge is 0.159 e. The molecule has 0 aromatic heterocycles. The Kier molecular flexibility index (Phi) is 4.00. The molecule has 0 fully saturated rings. The lowest BCUT2D eigenvalue weighted by molar-refractivity contribution is 0.506. The van der Waals surface area contributed by atoms with Gasteiger partial charge in [0.2, 0.25) is 0 Å². The summed E-state index contributed by atoms with van der Waals surface area (Å²) in [6.45, 7) is 0. The Morgan fingerprint density at radius 3 is 2.50 bits per heavy atom. The van der Waals surface area contributed by atoms with Gasteiger partial charge in [-0.1, -0.05) is 27.7 Å². The van der Waals surface area contributed by atoms with Gasteiger partial charge in [-0.15, -0.1) is 0 Å². The Morgan fingerprint density at radius 2 is 1.83 bits per heavy atom. The molecule has 0 radical (unpaired) electrons. The predicted molar refractivity (Wildman–Crippen MR) is 69.3 cm³/mol.